The third-order valence-electron chi connectivity index (χ3n) is 2.48. The average Bonchev–Trinajstić information content (AvgIpc) is 2.38. The van der Waals surface area contributed by atoms with Crippen molar-refractivity contribution in [3.8, 4) is 5.75 Å². The van der Waals surface area contributed by atoms with E-state index in [0.717, 1.165) is 37.4 Å². The predicted octanol–water partition coefficient (Wildman–Crippen LogP) is 2.73. The Morgan fingerprint density at radius 2 is 1.94 bits per heavy atom. The van der Waals surface area contributed by atoms with Gasteiger partial charge in [0.15, 0.2) is 0 Å². The van der Waals surface area contributed by atoms with Gasteiger partial charge in [0, 0.05) is 26.2 Å². The van der Waals surface area contributed by atoms with E-state index in [1.54, 1.807) is 0 Å². The summed E-state index contributed by atoms with van der Waals surface area (Å²) in [6, 6.07) is 7.91. The Bertz CT molecular complexity index is 302. The van der Waals surface area contributed by atoms with Gasteiger partial charge in [0.05, 0.1) is 6.61 Å². The van der Waals surface area contributed by atoms with Crippen LogP contribution in [0.5, 0.6) is 5.75 Å². The van der Waals surface area contributed by atoms with Crippen molar-refractivity contribution in [3.63, 3.8) is 0 Å². The first-order valence-electron chi connectivity index (χ1n) is 6.36. The lowest BCUT2D eigenvalue weighted by Crippen LogP contribution is -2.04. The second kappa shape index (κ2) is 9.02. The molecule has 0 heterocycles. The van der Waals surface area contributed by atoms with Gasteiger partial charge in [-0.1, -0.05) is 25.5 Å². The lowest BCUT2D eigenvalue weighted by Gasteiger charge is -2.07. The van der Waals surface area contributed by atoms with Crippen LogP contribution < -0.4 is 10.5 Å². The molecule has 1 aromatic carbocycles. The molecule has 0 bridgehead atoms. The SMILES string of the molecule is CCCCOCCCOc1cccc(CN)c1. The summed E-state index contributed by atoms with van der Waals surface area (Å²) in [5, 5.41) is 0. The Hall–Kier alpha value is -1.06. The summed E-state index contributed by atoms with van der Waals surface area (Å²) in [7, 11) is 0. The van der Waals surface area contributed by atoms with Crippen LogP contribution in [0.2, 0.25) is 0 Å². The summed E-state index contributed by atoms with van der Waals surface area (Å²) in [6.07, 6.45) is 3.25. The van der Waals surface area contributed by atoms with Gasteiger partial charge in [-0.25, -0.2) is 0 Å². The summed E-state index contributed by atoms with van der Waals surface area (Å²) in [4.78, 5) is 0. The first-order chi connectivity index (χ1) is 8.36. The van der Waals surface area contributed by atoms with Gasteiger partial charge in [0.1, 0.15) is 5.75 Å². The molecule has 0 spiro atoms. The third kappa shape index (κ3) is 6.29. The molecule has 0 saturated carbocycles. The van der Waals surface area contributed by atoms with Gasteiger partial charge >= 0.3 is 0 Å². The number of hydrogen-bond acceptors (Lipinski definition) is 3. The first-order valence-corrected chi connectivity index (χ1v) is 6.36. The average molecular weight is 237 g/mol. The molecule has 0 unspecified atom stereocenters. The van der Waals surface area contributed by atoms with E-state index in [4.69, 9.17) is 15.2 Å². The molecule has 3 heteroatoms. The van der Waals surface area contributed by atoms with E-state index in [-0.39, 0.29) is 0 Å². The summed E-state index contributed by atoms with van der Waals surface area (Å²) >= 11 is 0. The number of unbranched alkanes of at least 4 members (excludes halogenated alkanes) is 1. The van der Waals surface area contributed by atoms with Crippen LogP contribution in [-0.2, 0) is 11.3 Å². The van der Waals surface area contributed by atoms with E-state index in [1.165, 1.54) is 6.42 Å². The van der Waals surface area contributed by atoms with Crippen molar-refractivity contribution in [2.24, 2.45) is 5.73 Å². The van der Waals surface area contributed by atoms with Crippen LogP contribution in [0.4, 0.5) is 0 Å². The third-order valence-corrected chi connectivity index (χ3v) is 2.48. The van der Waals surface area contributed by atoms with Gasteiger partial charge in [-0.05, 0) is 24.1 Å². The molecular weight excluding hydrogens is 214 g/mol. The molecule has 0 aliphatic carbocycles. The molecular formula is C14H23NO2. The normalized spacial score (nSPS) is 10.5. The Kier molecular flexibility index (Phi) is 7.43. The monoisotopic (exact) mass is 237 g/mol. The van der Waals surface area contributed by atoms with E-state index in [9.17, 15) is 0 Å². The minimum absolute atomic E-state index is 0.553. The molecule has 0 aromatic heterocycles. The Balaban J connectivity index is 2.09. The van der Waals surface area contributed by atoms with Gasteiger partial charge in [-0.3, -0.25) is 0 Å². The van der Waals surface area contributed by atoms with Gasteiger partial charge in [-0.15, -0.1) is 0 Å². The first kappa shape index (κ1) is 14.0. The zero-order valence-corrected chi connectivity index (χ0v) is 10.7. The van der Waals surface area contributed by atoms with E-state index in [0.29, 0.717) is 13.2 Å². The molecule has 0 fully saturated rings. The van der Waals surface area contributed by atoms with Gasteiger partial charge in [-0.2, -0.15) is 0 Å². The van der Waals surface area contributed by atoms with Crippen LogP contribution in [0, 0.1) is 0 Å². The van der Waals surface area contributed by atoms with Crippen molar-refractivity contribution in [3.05, 3.63) is 29.8 Å². The quantitative estimate of drug-likeness (QED) is 0.672. The van der Waals surface area contributed by atoms with E-state index < -0.39 is 0 Å². The fourth-order valence-electron chi connectivity index (χ4n) is 1.46. The smallest absolute Gasteiger partial charge is 0.119 e. The van der Waals surface area contributed by atoms with Crippen molar-refractivity contribution in [2.75, 3.05) is 19.8 Å². The van der Waals surface area contributed by atoms with Crippen LogP contribution >= 0.6 is 0 Å². The van der Waals surface area contributed by atoms with Crippen LogP contribution in [0.1, 0.15) is 31.7 Å². The largest absolute Gasteiger partial charge is 0.493 e. The fourth-order valence-corrected chi connectivity index (χ4v) is 1.46. The minimum atomic E-state index is 0.553. The number of benzene rings is 1. The predicted molar refractivity (Wildman–Crippen MR) is 70.2 cm³/mol. The molecule has 0 atom stereocenters. The van der Waals surface area contributed by atoms with E-state index >= 15 is 0 Å². The zero-order valence-electron chi connectivity index (χ0n) is 10.7. The van der Waals surface area contributed by atoms with Crippen molar-refractivity contribution in [1.82, 2.24) is 0 Å². The van der Waals surface area contributed by atoms with E-state index in [2.05, 4.69) is 6.92 Å². The minimum Gasteiger partial charge on any atom is -0.493 e. The summed E-state index contributed by atoms with van der Waals surface area (Å²) in [5.41, 5.74) is 6.66. The Morgan fingerprint density at radius 3 is 2.71 bits per heavy atom. The van der Waals surface area contributed by atoms with Crippen molar-refractivity contribution in [2.45, 2.75) is 32.7 Å². The number of ether oxygens (including phenoxy) is 2. The highest BCUT2D eigenvalue weighted by Gasteiger charge is 1.95. The highest BCUT2D eigenvalue weighted by Crippen LogP contribution is 2.12. The lowest BCUT2D eigenvalue weighted by atomic mass is 10.2. The second-order valence-electron chi connectivity index (χ2n) is 4.02. The maximum absolute atomic E-state index is 5.62. The Labute approximate surface area is 104 Å². The molecule has 0 radical (unpaired) electrons. The summed E-state index contributed by atoms with van der Waals surface area (Å²) in [5.74, 6) is 0.890. The highest BCUT2D eigenvalue weighted by atomic mass is 16.5. The number of nitrogens with two attached hydrogens (primary N) is 1. The molecule has 1 rings (SSSR count). The topological polar surface area (TPSA) is 44.5 Å². The number of rotatable bonds is 9. The molecule has 0 amide bonds. The molecule has 3 nitrogen and oxygen atoms in total. The Morgan fingerprint density at radius 1 is 1.12 bits per heavy atom. The van der Waals surface area contributed by atoms with Crippen LogP contribution in [0.15, 0.2) is 24.3 Å². The standard InChI is InChI=1S/C14H23NO2/c1-2-3-8-16-9-5-10-17-14-7-4-6-13(11-14)12-15/h4,6-7,11H,2-3,5,8-10,12,15H2,1H3. The molecule has 96 valence electrons. The lowest BCUT2D eigenvalue weighted by molar-refractivity contribution is 0.117. The zero-order chi connectivity index (χ0) is 12.3. The summed E-state index contributed by atoms with van der Waals surface area (Å²) < 4.78 is 11.1. The summed E-state index contributed by atoms with van der Waals surface area (Å²) in [6.45, 7) is 5.05. The van der Waals surface area contributed by atoms with Crippen LogP contribution in [0.3, 0.4) is 0 Å². The number of hydrogen-bond donors (Lipinski definition) is 1. The van der Waals surface area contributed by atoms with Gasteiger partial charge < -0.3 is 15.2 Å². The van der Waals surface area contributed by atoms with Crippen LogP contribution in [0.25, 0.3) is 0 Å². The maximum atomic E-state index is 5.62. The second-order valence-corrected chi connectivity index (χ2v) is 4.02. The van der Waals surface area contributed by atoms with Crippen molar-refractivity contribution < 1.29 is 9.47 Å². The van der Waals surface area contributed by atoms with Crippen molar-refractivity contribution >= 4 is 0 Å². The van der Waals surface area contributed by atoms with Crippen molar-refractivity contribution in [1.29, 1.82) is 0 Å². The molecule has 0 aliphatic rings. The van der Waals surface area contributed by atoms with E-state index in [1.807, 2.05) is 24.3 Å². The van der Waals surface area contributed by atoms with Crippen LogP contribution in [-0.4, -0.2) is 19.8 Å². The van der Waals surface area contributed by atoms with Gasteiger partial charge in [0.2, 0.25) is 0 Å². The van der Waals surface area contributed by atoms with Gasteiger partial charge in [0.25, 0.3) is 0 Å². The maximum Gasteiger partial charge on any atom is 0.119 e. The molecule has 0 saturated heterocycles. The fraction of sp³-hybridized carbons (Fsp3) is 0.571. The molecule has 17 heavy (non-hydrogen) atoms. The molecule has 1 aromatic rings. The molecule has 0 aliphatic heterocycles. The molecule has 2 N–H and O–H groups in total. The highest BCUT2D eigenvalue weighted by molar-refractivity contribution is 5.28.